The van der Waals surface area contributed by atoms with Gasteiger partial charge in [0.15, 0.2) is 0 Å². The van der Waals surface area contributed by atoms with Crippen molar-refractivity contribution in [2.24, 2.45) is 0 Å². The molecule has 25 heavy (non-hydrogen) atoms. The summed E-state index contributed by atoms with van der Waals surface area (Å²) in [5.74, 6) is 0.101. The second-order valence-electron chi connectivity index (χ2n) is 5.36. The largest absolute Gasteiger partial charge is 0.445 e. The van der Waals surface area contributed by atoms with Crippen LogP contribution in [0.1, 0.15) is 18.9 Å². The van der Waals surface area contributed by atoms with Crippen LogP contribution in [-0.2, 0) is 16.1 Å². The number of hydrogen-bond acceptors (Lipinski definition) is 4. The summed E-state index contributed by atoms with van der Waals surface area (Å²) >= 11 is 3.25. The van der Waals surface area contributed by atoms with Gasteiger partial charge in [0.25, 0.3) is 0 Å². The predicted molar refractivity (Wildman–Crippen MR) is 99.1 cm³/mol. The third-order valence-electron chi connectivity index (χ3n) is 3.27. The first-order chi connectivity index (χ1) is 12.1. The van der Waals surface area contributed by atoms with E-state index in [1.54, 1.807) is 18.2 Å². The maximum absolute atomic E-state index is 12.2. The van der Waals surface area contributed by atoms with Gasteiger partial charge in [0.1, 0.15) is 23.6 Å². The summed E-state index contributed by atoms with van der Waals surface area (Å²) in [6, 6.07) is 14.6. The summed E-state index contributed by atoms with van der Waals surface area (Å²) in [5.41, 5.74) is 0.898. The smallest absolute Gasteiger partial charge is 0.410 e. The molecule has 1 N–H and O–H groups in total. The van der Waals surface area contributed by atoms with Crippen molar-refractivity contribution in [3.63, 3.8) is 0 Å². The van der Waals surface area contributed by atoms with Crippen LogP contribution in [0.4, 0.5) is 10.6 Å². The number of carbonyl (C=O) groups excluding carboxylic acids is 2. The van der Waals surface area contributed by atoms with E-state index in [9.17, 15) is 9.59 Å². The SMILES string of the molecule is CCCN(CC(=O)Nc1cccc(Br)n1)C(=O)OCc1ccccc1. The Morgan fingerprint density at radius 2 is 1.92 bits per heavy atom. The quantitative estimate of drug-likeness (QED) is 0.710. The Morgan fingerprint density at radius 3 is 2.60 bits per heavy atom. The van der Waals surface area contributed by atoms with Crippen LogP contribution in [0.2, 0.25) is 0 Å². The Bertz CT molecular complexity index is 710. The van der Waals surface area contributed by atoms with Crippen molar-refractivity contribution in [3.8, 4) is 0 Å². The van der Waals surface area contributed by atoms with Crippen molar-refractivity contribution < 1.29 is 14.3 Å². The highest BCUT2D eigenvalue weighted by atomic mass is 79.9. The van der Waals surface area contributed by atoms with Crippen LogP contribution in [0.5, 0.6) is 0 Å². The molecule has 1 aromatic heterocycles. The summed E-state index contributed by atoms with van der Waals surface area (Å²) < 4.78 is 5.92. The van der Waals surface area contributed by atoms with E-state index < -0.39 is 6.09 Å². The molecule has 0 unspecified atom stereocenters. The predicted octanol–water partition coefficient (Wildman–Crippen LogP) is 3.83. The maximum atomic E-state index is 12.2. The number of aromatic nitrogens is 1. The van der Waals surface area contributed by atoms with E-state index in [1.807, 2.05) is 37.3 Å². The number of amides is 2. The monoisotopic (exact) mass is 405 g/mol. The molecule has 7 heteroatoms. The second-order valence-corrected chi connectivity index (χ2v) is 6.17. The van der Waals surface area contributed by atoms with E-state index in [0.29, 0.717) is 17.0 Å². The number of halogens is 1. The van der Waals surface area contributed by atoms with Crippen LogP contribution < -0.4 is 5.32 Å². The van der Waals surface area contributed by atoms with Crippen molar-refractivity contribution in [2.45, 2.75) is 20.0 Å². The van der Waals surface area contributed by atoms with Gasteiger partial charge in [-0.25, -0.2) is 9.78 Å². The Hall–Kier alpha value is -2.41. The molecule has 0 aliphatic carbocycles. The highest BCUT2D eigenvalue weighted by Gasteiger charge is 2.18. The lowest BCUT2D eigenvalue weighted by atomic mass is 10.2. The van der Waals surface area contributed by atoms with Crippen molar-refractivity contribution in [1.82, 2.24) is 9.88 Å². The first kappa shape index (κ1) is 18.9. The van der Waals surface area contributed by atoms with Crippen LogP contribution in [0.3, 0.4) is 0 Å². The minimum absolute atomic E-state index is 0.0876. The molecule has 0 saturated heterocycles. The molecule has 2 amide bonds. The minimum Gasteiger partial charge on any atom is -0.445 e. The molecule has 1 aromatic carbocycles. The van der Waals surface area contributed by atoms with Crippen molar-refractivity contribution >= 4 is 33.7 Å². The molecular formula is C18H20BrN3O3. The Kier molecular flexibility index (Phi) is 7.40. The zero-order chi connectivity index (χ0) is 18.1. The van der Waals surface area contributed by atoms with E-state index in [4.69, 9.17) is 4.74 Å². The van der Waals surface area contributed by atoms with E-state index in [2.05, 4.69) is 26.2 Å². The number of hydrogen-bond donors (Lipinski definition) is 1. The lowest BCUT2D eigenvalue weighted by molar-refractivity contribution is -0.117. The molecule has 2 aromatic rings. The number of benzene rings is 1. The summed E-state index contributed by atoms with van der Waals surface area (Å²) in [5, 5.41) is 2.67. The number of nitrogens with one attached hydrogen (secondary N) is 1. The number of nitrogens with zero attached hydrogens (tertiary/aromatic N) is 2. The van der Waals surface area contributed by atoms with Gasteiger partial charge in [-0.3, -0.25) is 9.69 Å². The summed E-state index contributed by atoms with van der Waals surface area (Å²) in [7, 11) is 0. The first-order valence-corrected chi connectivity index (χ1v) is 8.76. The summed E-state index contributed by atoms with van der Waals surface area (Å²) in [6.45, 7) is 2.46. The average Bonchev–Trinajstić information content (AvgIpc) is 2.60. The molecule has 0 aliphatic heterocycles. The van der Waals surface area contributed by atoms with Gasteiger partial charge in [-0.15, -0.1) is 0 Å². The molecule has 6 nitrogen and oxygen atoms in total. The molecule has 0 aliphatic rings. The standard InChI is InChI=1S/C18H20BrN3O3/c1-2-11-22(18(24)25-13-14-7-4-3-5-8-14)12-17(23)21-16-10-6-9-15(19)20-16/h3-10H,2,11-13H2,1H3,(H,20,21,23). The van der Waals surface area contributed by atoms with Crippen LogP contribution in [0, 0.1) is 0 Å². The van der Waals surface area contributed by atoms with Crippen LogP contribution in [-0.4, -0.2) is 35.0 Å². The summed E-state index contributed by atoms with van der Waals surface area (Å²) in [6.07, 6.45) is 0.214. The Morgan fingerprint density at radius 1 is 1.16 bits per heavy atom. The zero-order valence-electron chi connectivity index (χ0n) is 13.9. The van der Waals surface area contributed by atoms with Crippen LogP contribution >= 0.6 is 15.9 Å². The van der Waals surface area contributed by atoms with Crippen molar-refractivity contribution in [1.29, 1.82) is 0 Å². The van der Waals surface area contributed by atoms with Gasteiger partial charge in [-0.2, -0.15) is 0 Å². The number of carbonyl (C=O) groups is 2. The molecule has 132 valence electrons. The van der Waals surface area contributed by atoms with Gasteiger partial charge >= 0.3 is 6.09 Å². The third-order valence-corrected chi connectivity index (χ3v) is 3.72. The van der Waals surface area contributed by atoms with E-state index in [1.165, 1.54) is 4.90 Å². The normalized spacial score (nSPS) is 10.2. The molecule has 0 atom stereocenters. The van der Waals surface area contributed by atoms with E-state index >= 15 is 0 Å². The number of pyridine rings is 1. The lowest BCUT2D eigenvalue weighted by Gasteiger charge is -2.21. The lowest BCUT2D eigenvalue weighted by Crippen LogP contribution is -2.38. The molecule has 1 heterocycles. The minimum atomic E-state index is -0.511. The van der Waals surface area contributed by atoms with Gasteiger partial charge in [-0.1, -0.05) is 43.3 Å². The van der Waals surface area contributed by atoms with Crippen molar-refractivity contribution in [2.75, 3.05) is 18.4 Å². The first-order valence-electron chi connectivity index (χ1n) is 7.96. The van der Waals surface area contributed by atoms with Gasteiger partial charge < -0.3 is 10.1 Å². The molecular weight excluding hydrogens is 386 g/mol. The molecule has 0 radical (unpaired) electrons. The third kappa shape index (κ3) is 6.54. The Labute approximate surface area is 155 Å². The second kappa shape index (κ2) is 9.78. The zero-order valence-corrected chi connectivity index (χ0v) is 15.5. The molecule has 2 rings (SSSR count). The van der Waals surface area contributed by atoms with Crippen LogP contribution in [0.25, 0.3) is 0 Å². The average molecular weight is 406 g/mol. The van der Waals surface area contributed by atoms with Gasteiger partial charge in [-0.05, 0) is 40.0 Å². The van der Waals surface area contributed by atoms with E-state index in [-0.39, 0.29) is 19.1 Å². The van der Waals surface area contributed by atoms with E-state index in [0.717, 1.165) is 12.0 Å². The van der Waals surface area contributed by atoms with Crippen molar-refractivity contribution in [3.05, 3.63) is 58.7 Å². The van der Waals surface area contributed by atoms with Gasteiger partial charge in [0, 0.05) is 6.54 Å². The highest BCUT2D eigenvalue weighted by Crippen LogP contribution is 2.10. The van der Waals surface area contributed by atoms with Crippen LogP contribution in [0.15, 0.2) is 53.1 Å². The molecule has 0 bridgehead atoms. The Balaban J connectivity index is 1.90. The maximum Gasteiger partial charge on any atom is 0.410 e. The molecule has 0 saturated carbocycles. The highest BCUT2D eigenvalue weighted by molar-refractivity contribution is 9.10. The number of anilines is 1. The molecule has 0 fully saturated rings. The van der Waals surface area contributed by atoms with Gasteiger partial charge in [0.05, 0.1) is 0 Å². The fourth-order valence-electron chi connectivity index (χ4n) is 2.15. The fourth-order valence-corrected chi connectivity index (χ4v) is 2.49. The topological polar surface area (TPSA) is 71.5 Å². The number of ether oxygens (including phenoxy) is 1. The summed E-state index contributed by atoms with van der Waals surface area (Å²) in [4.78, 5) is 29.9. The fraction of sp³-hybridized carbons (Fsp3) is 0.278. The van der Waals surface area contributed by atoms with Gasteiger partial charge in [0.2, 0.25) is 5.91 Å². The number of rotatable bonds is 7. The molecule has 0 spiro atoms.